The molecule has 2 aromatic rings. The number of rotatable bonds is 1. The molecule has 2 atom stereocenters. The average Bonchev–Trinajstić information content (AvgIpc) is 2.84. The van der Waals surface area contributed by atoms with Crippen LogP contribution in [0.2, 0.25) is 0 Å². The third-order valence-corrected chi connectivity index (χ3v) is 4.19. The number of aliphatic hydroxyl groups is 2. The first kappa shape index (κ1) is 12.4. The fourth-order valence-electron chi connectivity index (χ4n) is 3.12. The molecule has 0 aromatic heterocycles. The van der Waals surface area contributed by atoms with E-state index in [1.165, 1.54) is 13.2 Å². The van der Waals surface area contributed by atoms with E-state index in [-0.39, 0.29) is 22.4 Å². The Morgan fingerprint density at radius 2 is 1.86 bits per heavy atom. The minimum absolute atomic E-state index is 0.213. The molecule has 0 spiro atoms. The molecule has 1 aliphatic heterocycles. The number of ketones is 1. The third kappa shape index (κ3) is 1.21. The van der Waals surface area contributed by atoms with Gasteiger partial charge in [0.25, 0.3) is 5.79 Å². The van der Waals surface area contributed by atoms with Crippen LogP contribution in [-0.4, -0.2) is 23.1 Å². The summed E-state index contributed by atoms with van der Waals surface area (Å²) in [5.41, 5.74) is -1.41. The maximum Gasteiger partial charge on any atom is 0.276 e. The number of benzene rings is 2. The fourth-order valence-corrected chi connectivity index (χ4v) is 3.12. The lowest BCUT2D eigenvalue weighted by Gasteiger charge is -2.28. The Morgan fingerprint density at radius 1 is 1.10 bits per heavy atom. The van der Waals surface area contributed by atoms with Gasteiger partial charge in [0.15, 0.2) is 0 Å². The Bertz CT molecular complexity index is 784. The number of carbonyl (C=O) groups is 1. The molecule has 106 valence electrons. The van der Waals surface area contributed by atoms with Gasteiger partial charge in [-0.05, 0) is 18.2 Å². The molecule has 0 bridgehead atoms. The quantitative estimate of drug-likeness (QED) is 0.826. The molecule has 1 aliphatic carbocycles. The molecule has 0 amide bonds. The van der Waals surface area contributed by atoms with Crippen molar-refractivity contribution in [3.63, 3.8) is 0 Å². The first-order chi connectivity index (χ1) is 10.0. The second kappa shape index (κ2) is 3.63. The van der Waals surface area contributed by atoms with Crippen LogP contribution in [0.1, 0.15) is 21.5 Å². The minimum Gasteiger partial charge on any atom is -0.497 e. The molecule has 2 N–H and O–H groups in total. The molecule has 5 heteroatoms. The van der Waals surface area contributed by atoms with Crippen molar-refractivity contribution in [2.75, 3.05) is 7.11 Å². The maximum atomic E-state index is 12.6. The smallest absolute Gasteiger partial charge is 0.276 e. The van der Waals surface area contributed by atoms with E-state index in [9.17, 15) is 15.0 Å². The second-order valence-electron chi connectivity index (χ2n) is 5.19. The lowest BCUT2D eigenvalue weighted by molar-refractivity contribution is -0.224. The van der Waals surface area contributed by atoms with Crippen LogP contribution < -0.4 is 9.47 Å². The molecule has 5 nitrogen and oxygen atoms in total. The molecule has 1 heterocycles. The number of carbonyl (C=O) groups excluding carboxylic acids is 1. The van der Waals surface area contributed by atoms with Crippen molar-refractivity contribution < 1.29 is 24.5 Å². The summed E-state index contributed by atoms with van der Waals surface area (Å²) in [4.78, 5) is 12.6. The van der Waals surface area contributed by atoms with Crippen LogP contribution in [0.3, 0.4) is 0 Å². The third-order valence-electron chi connectivity index (χ3n) is 4.19. The van der Waals surface area contributed by atoms with E-state index in [4.69, 9.17) is 9.47 Å². The van der Waals surface area contributed by atoms with Gasteiger partial charge in [0.05, 0.1) is 7.11 Å². The highest BCUT2D eigenvalue weighted by Gasteiger charge is 2.70. The summed E-state index contributed by atoms with van der Waals surface area (Å²) in [5.74, 6) is -1.94. The first-order valence-electron chi connectivity index (χ1n) is 6.49. The van der Waals surface area contributed by atoms with Crippen molar-refractivity contribution in [2.24, 2.45) is 0 Å². The monoisotopic (exact) mass is 284 g/mol. The van der Waals surface area contributed by atoms with Gasteiger partial charge in [0, 0.05) is 16.7 Å². The van der Waals surface area contributed by atoms with E-state index < -0.39 is 17.2 Å². The van der Waals surface area contributed by atoms with Crippen molar-refractivity contribution in [1.82, 2.24) is 0 Å². The zero-order chi connectivity index (χ0) is 14.8. The van der Waals surface area contributed by atoms with Gasteiger partial charge in [0.1, 0.15) is 11.5 Å². The van der Waals surface area contributed by atoms with Crippen LogP contribution in [0.4, 0.5) is 0 Å². The van der Waals surface area contributed by atoms with Crippen LogP contribution in [-0.2, 0) is 11.4 Å². The number of Topliss-reactive ketones (excluding diaryl/α,β-unsaturated/α-hetero) is 1. The number of hydrogen-bond acceptors (Lipinski definition) is 5. The largest absolute Gasteiger partial charge is 0.497 e. The average molecular weight is 284 g/mol. The predicted molar refractivity (Wildman–Crippen MR) is 72.2 cm³/mol. The number of fused-ring (bicyclic) bond motifs is 5. The van der Waals surface area contributed by atoms with Gasteiger partial charge >= 0.3 is 0 Å². The minimum atomic E-state index is -2.15. The van der Waals surface area contributed by atoms with Crippen LogP contribution in [0, 0.1) is 0 Å². The summed E-state index contributed by atoms with van der Waals surface area (Å²) < 4.78 is 10.7. The fraction of sp³-hybridized carbons (Fsp3) is 0.188. The Balaban J connectivity index is 2.02. The van der Waals surface area contributed by atoms with E-state index >= 15 is 0 Å². The molecule has 0 radical (unpaired) electrons. The number of hydrogen-bond donors (Lipinski definition) is 2. The van der Waals surface area contributed by atoms with Gasteiger partial charge in [-0.3, -0.25) is 4.79 Å². The zero-order valence-corrected chi connectivity index (χ0v) is 11.2. The standard InChI is InChI=1S/C16H12O5/c1-20-9-6-7-13-12(8-9)15(18)14(17)10-4-2-3-5-11(10)16(15,19)21-13/h2-8,18-19H,1H3/t15-,16+/m0/s1. The Hall–Kier alpha value is -2.37. The number of methoxy groups -OCH3 is 1. The molecule has 0 fully saturated rings. The molecule has 2 aliphatic rings. The van der Waals surface area contributed by atoms with E-state index in [0.29, 0.717) is 5.75 Å². The van der Waals surface area contributed by atoms with Crippen LogP contribution >= 0.6 is 0 Å². The molecule has 4 rings (SSSR count). The Kier molecular flexibility index (Phi) is 2.14. The molecular formula is C16H12O5. The van der Waals surface area contributed by atoms with E-state index in [1.807, 2.05) is 0 Å². The van der Waals surface area contributed by atoms with Crippen LogP contribution in [0.15, 0.2) is 42.5 Å². The van der Waals surface area contributed by atoms with E-state index in [0.717, 1.165) is 0 Å². The topological polar surface area (TPSA) is 76.0 Å². The molecule has 2 aromatic carbocycles. The first-order valence-corrected chi connectivity index (χ1v) is 6.49. The van der Waals surface area contributed by atoms with Crippen LogP contribution in [0.25, 0.3) is 0 Å². The molecule has 21 heavy (non-hydrogen) atoms. The van der Waals surface area contributed by atoms with E-state index in [2.05, 4.69) is 0 Å². The highest BCUT2D eigenvalue weighted by molar-refractivity contribution is 6.09. The highest BCUT2D eigenvalue weighted by Crippen LogP contribution is 2.58. The molecule has 0 saturated carbocycles. The van der Waals surface area contributed by atoms with Gasteiger partial charge in [0.2, 0.25) is 11.4 Å². The van der Waals surface area contributed by atoms with Gasteiger partial charge in [-0.15, -0.1) is 0 Å². The summed E-state index contributed by atoms with van der Waals surface area (Å²) in [6.45, 7) is 0. The molecule has 0 unspecified atom stereocenters. The van der Waals surface area contributed by atoms with Crippen molar-refractivity contribution in [3.05, 3.63) is 59.2 Å². The molecular weight excluding hydrogens is 272 g/mol. The van der Waals surface area contributed by atoms with Crippen molar-refractivity contribution >= 4 is 5.78 Å². The zero-order valence-electron chi connectivity index (χ0n) is 11.2. The van der Waals surface area contributed by atoms with Crippen molar-refractivity contribution in [2.45, 2.75) is 11.4 Å². The SMILES string of the molecule is COc1ccc2c(c1)[C@]1(O)C(=O)c3ccccc3[C@@]1(O)O2. The van der Waals surface area contributed by atoms with Crippen molar-refractivity contribution in [3.8, 4) is 11.5 Å². The lowest BCUT2D eigenvalue weighted by atomic mass is 9.87. The molecule has 0 saturated heterocycles. The summed E-state index contributed by atoms with van der Waals surface area (Å²) in [6.07, 6.45) is 0. The number of ether oxygens (including phenoxy) is 2. The van der Waals surface area contributed by atoms with Gasteiger partial charge in [-0.1, -0.05) is 24.3 Å². The van der Waals surface area contributed by atoms with E-state index in [1.54, 1.807) is 36.4 Å². The van der Waals surface area contributed by atoms with Crippen molar-refractivity contribution in [1.29, 1.82) is 0 Å². The summed E-state index contributed by atoms with van der Waals surface area (Å²) in [5, 5.41) is 21.8. The highest BCUT2D eigenvalue weighted by atomic mass is 16.7. The Morgan fingerprint density at radius 3 is 2.62 bits per heavy atom. The summed E-state index contributed by atoms with van der Waals surface area (Å²) in [7, 11) is 1.49. The maximum absolute atomic E-state index is 12.6. The van der Waals surface area contributed by atoms with Crippen LogP contribution in [0.5, 0.6) is 11.5 Å². The Labute approximate surface area is 120 Å². The van der Waals surface area contributed by atoms with Gasteiger partial charge in [-0.25, -0.2) is 0 Å². The summed E-state index contributed by atoms with van der Waals surface area (Å²) >= 11 is 0. The van der Waals surface area contributed by atoms with Gasteiger partial charge < -0.3 is 19.7 Å². The summed E-state index contributed by atoms with van der Waals surface area (Å²) in [6, 6.07) is 11.2. The van der Waals surface area contributed by atoms with Gasteiger partial charge in [-0.2, -0.15) is 0 Å². The normalized spacial score (nSPS) is 28.6. The second-order valence-corrected chi connectivity index (χ2v) is 5.19. The lowest BCUT2D eigenvalue weighted by Crippen LogP contribution is -2.48. The predicted octanol–water partition coefficient (Wildman–Crippen LogP) is 1.32.